The van der Waals surface area contributed by atoms with Crippen LogP contribution in [0.5, 0.6) is 0 Å². The number of carboxylic acids is 1. The second kappa shape index (κ2) is 9.99. The van der Waals surface area contributed by atoms with E-state index in [1.165, 1.54) is 0 Å². The second-order valence-electron chi connectivity index (χ2n) is 6.49. The van der Waals surface area contributed by atoms with Gasteiger partial charge in [-0.05, 0) is 24.8 Å². The lowest BCUT2D eigenvalue weighted by atomic mass is 10.1. The molecule has 1 heterocycles. The summed E-state index contributed by atoms with van der Waals surface area (Å²) in [6.07, 6.45) is 7.98. The van der Waals surface area contributed by atoms with Crippen molar-refractivity contribution in [3.63, 3.8) is 0 Å². The summed E-state index contributed by atoms with van der Waals surface area (Å²) < 4.78 is 0. The molecule has 2 atom stereocenters. The quantitative estimate of drug-likeness (QED) is 0.504. The normalized spacial score (nSPS) is 18.8. The topological polar surface area (TPSA) is 77.8 Å². The van der Waals surface area contributed by atoms with Gasteiger partial charge in [0.25, 0.3) is 0 Å². The highest BCUT2D eigenvalue weighted by atomic mass is 16.4. The van der Waals surface area contributed by atoms with Gasteiger partial charge in [-0.3, -0.25) is 9.59 Å². The van der Waals surface area contributed by atoms with Crippen LogP contribution in [0.15, 0.2) is 42.5 Å². The van der Waals surface area contributed by atoms with E-state index in [0.717, 1.165) is 31.2 Å². The number of hydrogen-bond donors (Lipinski definition) is 2. The molecular weight excluding hydrogens is 318 g/mol. The molecule has 0 spiro atoms. The van der Waals surface area contributed by atoms with Gasteiger partial charge in [0, 0.05) is 19.4 Å². The summed E-state index contributed by atoms with van der Waals surface area (Å²) >= 11 is 0. The molecule has 1 aliphatic heterocycles. The van der Waals surface area contributed by atoms with E-state index in [1.54, 1.807) is 6.08 Å². The lowest BCUT2D eigenvalue weighted by molar-refractivity contribution is -0.137. The van der Waals surface area contributed by atoms with Gasteiger partial charge in [-0.1, -0.05) is 55.3 Å². The van der Waals surface area contributed by atoms with Crippen molar-refractivity contribution in [1.29, 1.82) is 0 Å². The van der Waals surface area contributed by atoms with Gasteiger partial charge in [0.05, 0.1) is 12.1 Å². The summed E-state index contributed by atoms with van der Waals surface area (Å²) in [7, 11) is 0. The number of amides is 1. The number of rotatable bonds is 10. The lowest BCUT2D eigenvalue weighted by Crippen LogP contribution is -2.32. The van der Waals surface area contributed by atoms with Crippen molar-refractivity contribution in [2.24, 2.45) is 0 Å². The highest BCUT2D eigenvalue weighted by Crippen LogP contribution is 2.22. The molecule has 1 unspecified atom stereocenters. The Morgan fingerprint density at radius 1 is 1.20 bits per heavy atom. The summed E-state index contributed by atoms with van der Waals surface area (Å²) in [4.78, 5) is 24.4. The van der Waals surface area contributed by atoms with Crippen molar-refractivity contribution in [3.05, 3.63) is 48.0 Å². The van der Waals surface area contributed by atoms with Gasteiger partial charge in [-0.25, -0.2) is 0 Å². The molecule has 25 heavy (non-hydrogen) atoms. The fourth-order valence-corrected chi connectivity index (χ4v) is 3.15. The molecule has 1 amide bonds. The predicted molar refractivity (Wildman–Crippen MR) is 96.0 cm³/mol. The first-order chi connectivity index (χ1) is 12.1. The highest BCUT2D eigenvalue weighted by molar-refractivity contribution is 5.79. The number of carboxylic acid groups (broad SMARTS) is 1. The zero-order chi connectivity index (χ0) is 18.1. The van der Waals surface area contributed by atoms with E-state index >= 15 is 0 Å². The first-order valence-electron chi connectivity index (χ1n) is 9.00. The fraction of sp³-hybridized carbons (Fsp3) is 0.500. The molecule has 1 saturated heterocycles. The smallest absolute Gasteiger partial charge is 0.303 e. The Morgan fingerprint density at radius 3 is 2.64 bits per heavy atom. The van der Waals surface area contributed by atoms with Crippen LogP contribution in [-0.2, 0) is 9.59 Å². The Kier molecular flexibility index (Phi) is 7.67. The average molecular weight is 345 g/mol. The summed E-state index contributed by atoms with van der Waals surface area (Å²) in [6, 6.07) is 9.50. The maximum atomic E-state index is 12.1. The number of carbonyl (C=O) groups is 2. The minimum absolute atomic E-state index is 0.0462. The van der Waals surface area contributed by atoms with E-state index < -0.39 is 12.1 Å². The average Bonchev–Trinajstić information content (AvgIpc) is 2.96. The number of aliphatic hydroxyl groups excluding tert-OH is 1. The number of likely N-dealkylation sites (tertiary alicyclic amines) is 1. The lowest BCUT2D eigenvalue weighted by Gasteiger charge is -2.22. The third kappa shape index (κ3) is 6.35. The molecule has 1 fully saturated rings. The van der Waals surface area contributed by atoms with Gasteiger partial charge in [0.1, 0.15) is 0 Å². The monoisotopic (exact) mass is 345 g/mol. The molecule has 5 heteroatoms. The molecule has 0 radical (unpaired) electrons. The van der Waals surface area contributed by atoms with Gasteiger partial charge >= 0.3 is 5.97 Å². The largest absolute Gasteiger partial charge is 0.481 e. The zero-order valence-electron chi connectivity index (χ0n) is 14.5. The maximum Gasteiger partial charge on any atom is 0.303 e. The third-order valence-corrected chi connectivity index (χ3v) is 4.57. The molecule has 0 aromatic heterocycles. The first-order valence-corrected chi connectivity index (χ1v) is 9.00. The van der Waals surface area contributed by atoms with E-state index in [1.807, 2.05) is 41.3 Å². The molecule has 2 N–H and O–H groups in total. The van der Waals surface area contributed by atoms with Crippen LogP contribution in [0.1, 0.15) is 56.6 Å². The molecule has 0 aliphatic carbocycles. The molecule has 1 aromatic carbocycles. The molecular formula is C20H27NO4. The standard InChI is InChI=1S/C20H27NO4/c22-18(16-8-4-3-5-9-16)13-11-17-12-14-19(23)21(17)15-7-2-1-6-10-20(24)25/h3-5,8-9,11,13,17-18,22H,1-2,6-7,10,12,14-15H2,(H,24,25)/t17-,18?/m0/s1. The molecule has 0 bridgehead atoms. The summed E-state index contributed by atoms with van der Waals surface area (Å²) in [5.41, 5.74) is 0.841. The molecule has 1 aromatic rings. The number of carbonyl (C=O) groups excluding carboxylic acids is 1. The van der Waals surface area contributed by atoms with Crippen molar-refractivity contribution in [1.82, 2.24) is 4.90 Å². The SMILES string of the molecule is O=C(O)CCCCCCN1C(=O)CC[C@@H]1C=CC(O)c1ccccc1. The minimum Gasteiger partial charge on any atom is -0.481 e. The van der Waals surface area contributed by atoms with Crippen LogP contribution in [0.4, 0.5) is 0 Å². The second-order valence-corrected chi connectivity index (χ2v) is 6.49. The molecule has 136 valence electrons. The first kappa shape index (κ1) is 19.2. The van der Waals surface area contributed by atoms with Crippen molar-refractivity contribution < 1.29 is 19.8 Å². The summed E-state index contributed by atoms with van der Waals surface area (Å²) in [5.74, 6) is -0.591. The summed E-state index contributed by atoms with van der Waals surface area (Å²) in [5, 5.41) is 18.8. The predicted octanol–water partition coefficient (Wildman–Crippen LogP) is 3.30. The van der Waals surface area contributed by atoms with Crippen LogP contribution >= 0.6 is 0 Å². The number of unbranched alkanes of at least 4 members (excludes halogenated alkanes) is 3. The Morgan fingerprint density at radius 2 is 1.92 bits per heavy atom. The fourth-order valence-electron chi connectivity index (χ4n) is 3.15. The number of hydrogen-bond acceptors (Lipinski definition) is 3. The van der Waals surface area contributed by atoms with Gasteiger partial charge in [-0.2, -0.15) is 0 Å². The Labute approximate surface area is 149 Å². The molecule has 5 nitrogen and oxygen atoms in total. The molecule has 2 rings (SSSR count). The summed E-state index contributed by atoms with van der Waals surface area (Å²) in [6.45, 7) is 0.697. The number of aliphatic carboxylic acids is 1. The maximum absolute atomic E-state index is 12.1. The molecule has 0 saturated carbocycles. The van der Waals surface area contributed by atoms with Crippen LogP contribution in [-0.4, -0.2) is 39.6 Å². The van der Waals surface area contributed by atoms with E-state index in [2.05, 4.69) is 0 Å². The number of benzene rings is 1. The van der Waals surface area contributed by atoms with Crippen molar-refractivity contribution in [2.45, 2.75) is 57.1 Å². The van der Waals surface area contributed by atoms with Crippen molar-refractivity contribution in [2.75, 3.05) is 6.54 Å². The van der Waals surface area contributed by atoms with Crippen molar-refractivity contribution in [3.8, 4) is 0 Å². The van der Waals surface area contributed by atoms with E-state index in [9.17, 15) is 14.7 Å². The van der Waals surface area contributed by atoms with E-state index in [4.69, 9.17) is 5.11 Å². The zero-order valence-corrected chi connectivity index (χ0v) is 14.5. The Balaban J connectivity index is 1.78. The Hall–Kier alpha value is -2.14. The van der Waals surface area contributed by atoms with Crippen LogP contribution in [0.25, 0.3) is 0 Å². The van der Waals surface area contributed by atoms with Crippen LogP contribution in [0.2, 0.25) is 0 Å². The number of aliphatic hydroxyl groups is 1. The van der Waals surface area contributed by atoms with Crippen LogP contribution in [0, 0.1) is 0 Å². The van der Waals surface area contributed by atoms with Crippen LogP contribution < -0.4 is 0 Å². The van der Waals surface area contributed by atoms with Gasteiger partial charge in [0.2, 0.25) is 5.91 Å². The van der Waals surface area contributed by atoms with E-state index in [0.29, 0.717) is 19.4 Å². The van der Waals surface area contributed by atoms with Gasteiger partial charge in [0.15, 0.2) is 0 Å². The Bertz CT molecular complexity index is 585. The van der Waals surface area contributed by atoms with Crippen molar-refractivity contribution >= 4 is 11.9 Å². The minimum atomic E-state index is -0.753. The third-order valence-electron chi connectivity index (χ3n) is 4.57. The van der Waals surface area contributed by atoms with Gasteiger partial charge < -0.3 is 15.1 Å². The van der Waals surface area contributed by atoms with Gasteiger partial charge in [-0.15, -0.1) is 0 Å². The molecule has 1 aliphatic rings. The van der Waals surface area contributed by atoms with E-state index in [-0.39, 0.29) is 18.4 Å². The number of nitrogens with zero attached hydrogens (tertiary/aromatic N) is 1. The van der Waals surface area contributed by atoms with Crippen LogP contribution in [0.3, 0.4) is 0 Å². The highest BCUT2D eigenvalue weighted by Gasteiger charge is 2.28.